The topological polar surface area (TPSA) is 383 Å². The number of aliphatic hydroxyl groups excluding tert-OH is 17. The van der Waals surface area contributed by atoms with E-state index in [-0.39, 0.29) is 37.3 Å². The molecule has 3 rings (SSSR count). The number of para-hydroxylation sites is 1. The third kappa shape index (κ3) is 95.1. The minimum atomic E-state index is -0.860. The second-order valence-corrected chi connectivity index (χ2v) is 36.8. The van der Waals surface area contributed by atoms with Gasteiger partial charge in [-0.3, -0.25) is 0 Å². The highest BCUT2D eigenvalue weighted by Gasteiger charge is 2.21. The lowest BCUT2D eigenvalue weighted by atomic mass is 9.85. The largest absolute Gasteiger partial charge is 0.491 e. The quantitative estimate of drug-likeness (QED) is 0.0216. The molecule has 0 heterocycles. The number of allylic oxidation sites excluding steroid dienone is 36. The Morgan fingerprint density at radius 3 is 0.762 bits per heavy atom. The van der Waals surface area contributed by atoms with Crippen LogP contribution in [0.2, 0.25) is 0 Å². The Labute approximate surface area is 886 Å². The SMILES string of the molecule is CCCCCC(C)(O)/C=C/C=C\C=C\C=C\[C@@H](O)[C@@H](O)CCCC.CCCCC[C@@H](O)/C=C/C=C\C=C\C=C\[C@@H](O)[C@@H](O)CCCC.CCCCC[C@H](O)/C=C/C=C\C=C\C=C\[C@@H](O)[C@@H](O)CCCC.CCCC[C@H](O)[C@H](O)/C=C/C=C/C=C\C=C\[C@@H](O)C1CCCCC1.CCCC[C@H](O)[C@H](O)/C=C/C=C/C=C\C=C\[C@@H](O)COc1ccc(F)cc1.CCCC[C@H](O)[C@H](O)/C=C/C=C/C=C\C=C\[C@@H](O)COc1ccccc1. The van der Waals surface area contributed by atoms with Gasteiger partial charge >= 0.3 is 0 Å². The van der Waals surface area contributed by atoms with Crippen LogP contribution in [0, 0.1) is 11.7 Å². The fraction of sp³-hybridized carbons (Fsp3) is 0.524. The van der Waals surface area contributed by atoms with Gasteiger partial charge in [-0.1, -0.05) is 526 Å². The van der Waals surface area contributed by atoms with Crippen LogP contribution >= 0.6 is 0 Å². The van der Waals surface area contributed by atoms with Crippen LogP contribution in [0.25, 0.3) is 0 Å². The number of unbranched alkanes of at least 4 members (excludes halogenated alkanes) is 12. The number of hydrogen-bond acceptors (Lipinski definition) is 20. The number of aliphatic hydroxyl groups is 18. The molecule has 0 bridgehead atoms. The Hall–Kier alpha value is -8.99. The predicted octanol–water partition coefficient (Wildman–Crippen LogP) is 23.9. The first-order valence-electron chi connectivity index (χ1n) is 54.4. The van der Waals surface area contributed by atoms with Crippen molar-refractivity contribution in [3.05, 3.63) is 352 Å². The van der Waals surface area contributed by atoms with Crippen LogP contribution in [0.3, 0.4) is 0 Å². The average Bonchev–Trinajstić information content (AvgIpc) is 0.922. The first-order valence-corrected chi connectivity index (χ1v) is 54.4. The Morgan fingerprint density at radius 2 is 0.490 bits per heavy atom. The Morgan fingerprint density at radius 1 is 0.259 bits per heavy atom. The molecule has 20 nitrogen and oxygen atoms in total. The summed E-state index contributed by atoms with van der Waals surface area (Å²) in [6, 6.07) is 15.0. The summed E-state index contributed by atoms with van der Waals surface area (Å²) in [5, 5.41) is 176. The van der Waals surface area contributed by atoms with E-state index in [1.165, 1.54) is 56.4 Å². The van der Waals surface area contributed by atoms with E-state index in [9.17, 15) is 96.3 Å². The summed E-state index contributed by atoms with van der Waals surface area (Å²) in [7, 11) is 0. The van der Waals surface area contributed by atoms with Crippen LogP contribution in [0.4, 0.5) is 4.39 Å². The third-order valence-electron chi connectivity index (χ3n) is 22.8. The van der Waals surface area contributed by atoms with E-state index in [0.29, 0.717) is 50.2 Å². The van der Waals surface area contributed by atoms with Crippen molar-refractivity contribution in [2.75, 3.05) is 13.2 Å². The van der Waals surface area contributed by atoms with Crippen molar-refractivity contribution in [2.24, 2.45) is 5.92 Å². The third-order valence-corrected chi connectivity index (χ3v) is 22.8. The zero-order valence-corrected chi connectivity index (χ0v) is 90.7. The molecular weight excluding hydrogens is 1850 g/mol. The maximum absolute atomic E-state index is 12.8. The summed E-state index contributed by atoms with van der Waals surface area (Å²) < 4.78 is 23.6. The van der Waals surface area contributed by atoms with Gasteiger partial charge in [-0.15, -0.1) is 0 Å². The normalized spacial score (nSPS) is 17.5. The van der Waals surface area contributed by atoms with E-state index in [0.717, 1.165) is 160 Å². The van der Waals surface area contributed by atoms with Crippen LogP contribution in [0.1, 0.15) is 294 Å². The van der Waals surface area contributed by atoms with Crippen molar-refractivity contribution >= 4 is 0 Å². The Bertz CT molecular complexity index is 4010. The minimum absolute atomic E-state index is 0.0762. The van der Waals surface area contributed by atoms with Gasteiger partial charge in [0.05, 0.1) is 97.2 Å². The molecule has 1 aliphatic rings. The lowest BCUT2D eigenvalue weighted by Crippen LogP contribution is -2.23. The van der Waals surface area contributed by atoms with Crippen molar-refractivity contribution in [1.29, 1.82) is 0 Å². The number of hydrogen-bond donors (Lipinski definition) is 18. The first-order chi connectivity index (χ1) is 71.0. The van der Waals surface area contributed by atoms with E-state index in [2.05, 4.69) is 48.5 Å². The lowest BCUT2D eigenvalue weighted by molar-refractivity contribution is 0.0418. The maximum atomic E-state index is 12.8. The molecule has 0 radical (unpaired) electrons. The van der Waals surface area contributed by atoms with E-state index in [1.807, 2.05) is 173 Å². The van der Waals surface area contributed by atoms with Gasteiger partial charge in [0.25, 0.3) is 0 Å². The number of benzene rings is 2. The molecule has 0 spiro atoms. The number of ether oxygens (including phenoxy) is 2. The zero-order chi connectivity index (χ0) is 110. The van der Waals surface area contributed by atoms with Crippen LogP contribution in [-0.4, -0.2) is 214 Å². The summed E-state index contributed by atoms with van der Waals surface area (Å²) >= 11 is 0. The molecule has 0 amide bonds. The Balaban J connectivity index is -0.00000169. The monoisotopic (exact) mass is 2050 g/mol. The van der Waals surface area contributed by atoms with Gasteiger partial charge in [-0.05, 0) is 120 Å². The molecule has 21 heteroatoms. The molecule has 1 saturated carbocycles. The van der Waals surface area contributed by atoms with Crippen LogP contribution < -0.4 is 9.47 Å². The fourth-order valence-corrected chi connectivity index (χ4v) is 13.5. The van der Waals surface area contributed by atoms with Gasteiger partial charge in [-0.25, -0.2) is 4.39 Å². The standard InChI is InChI=1S/C22H29FO4.C22H30O4.C21H34O3.C21H36O3.2C20H34O3/c1-2-3-11-21(25)22(26)12-9-7-5-4-6-8-10-19(24)17-27-20-15-13-18(23)14-16-20;1-2-3-16-21(24)22(25)17-12-7-5-4-6-9-13-19(23)18-26-20-14-10-8-11-15-20;1-2-3-15-20(23)21(24)17-12-7-5-4-6-11-16-19(22)18-13-9-8-10-14-18;1-4-6-13-17-21(3,24)18-14-11-9-8-10-12-16-20(23)19(22)15-7-5-2;2*1-3-5-11-14-18(21)15-12-9-7-8-10-13-17-20(23)19(22)16-6-4-2/h4-10,12-16,19,21-22,24-26H,2-3,11,17H2,1H3;4-15,17,19,21-25H,2-3,16,18H2,1H3;4-7,11-12,16-24H,2-3,8-10,13-15H2,1H3;8-12,14,16,18-20,22-24H,4-7,13,15,17H2,1-3H3;2*7-10,12-13,15,17-23H,3-6,11,14,16H2,1-2H3/b6-4-,7-5+,10-8+,12-9+;6-4-,7-5+,13-9+,17-12+;6-4-,7-5+,16-11+,17-12+;10-8+,11-9-,16-12+,18-14+;2*9-7-,10-8+,15-12+,17-13+/t2*19-,21+,22-;19-,20+,21-;19-,20+,21?;18-,19+,20-;18-,19-,20+/m111010/s1. The highest BCUT2D eigenvalue weighted by Crippen LogP contribution is 2.27. The summed E-state index contributed by atoms with van der Waals surface area (Å²) in [5.41, 5.74) is -0.748. The molecule has 18 N–H and O–H groups in total. The molecule has 2 aromatic rings. The molecule has 147 heavy (non-hydrogen) atoms. The van der Waals surface area contributed by atoms with Crippen molar-refractivity contribution in [2.45, 2.75) is 403 Å². The average molecular weight is 2050 g/mol. The smallest absolute Gasteiger partial charge is 0.123 e. The van der Waals surface area contributed by atoms with Crippen LogP contribution in [0.15, 0.2) is 346 Å². The first kappa shape index (κ1) is 142. The molecule has 828 valence electrons. The van der Waals surface area contributed by atoms with Crippen LogP contribution in [-0.2, 0) is 0 Å². The van der Waals surface area contributed by atoms with Gasteiger partial charge in [0, 0.05) is 0 Å². The molecule has 1 fully saturated rings. The molecule has 18 atom stereocenters. The number of halogens is 1. The summed E-state index contributed by atoms with van der Waals surface area (Å²) in [5.74, 6) is 1.31. The summed E-state index contributed by atoms with van der Waals surface area (Å²) in [4.78, 5) is 0. The molecule has 2 aromatic carbocycles. The van der Waals surface area contributed by atoms with E-state index in [4.69, 9.17) is 9.47 Å². The maximum Gasteiger partial charge on any atom is 0.123 e. The van der Waals surface area contributed by atoms with E-state index >= 15 is 0 Å². The van der Waals surface area contributed by atoms with Gasteiger partial charge in [-0.2, -0.15) is 0 Å². The molecule has 0 saturated heterocycles. The number of rotatable bonds is 73. The second kappa shape index (κ2) is 104. The molecule has 1 aliphatic carbocycles. The van der Waals surface area contributed by atoms with Crippen molar-refractivity contribution < 1.29 is 106 Å². The van der Waals surface area contributed by atoms with Crippen molar-refractivity contribution in [3.8, 4) is 11.5 Å². The Kier molecular flexibility index (Phi) is 101. The zero-order valence-electron chi connectivity index (χ0n) is 90.7. The van der Waals surface area contributed by atoms with E-state index in [1.54, 1.807) is 170 Å². The summed E-state index contributed by atoms with van der Waals surface area (Å²) in [6.45, 7) is 20.9. The van der Waals surface area contributed by atoms with Gasteiger partial charge < -0.3 is 101 Å². The molecule has 0 aliphatic heterocycles. The lowest BCUT2D eigenvalue weighted by Gasteiger charge is -2.24. The highest BCUT2D eigenvalue weighted by molar-refractivity contribution is 5.26. The van der Waals surface area contributed by atoms with Crippen molar-refractivity contribution in [1.82, 2.24) is 0 Å². The highest BCUT2D eigenvalue weighted by atomic mass is 19.1. The van der Waals surface area contributed by atoms with E-state index < -0.39 is 91.1 Å². The van der Waals surface area contributed by atoms with Crippen molar-refractivity contribution in [3.63, 3.8) is 0 Å². The second-order valence-electron chi connectivity index (χ2n) is 36.8. The molecule has 1 unspecified atom stereocenters. The minimum Gasteiger partial charge on any atom is -0.491 e. The fourth-order valence-electron chi connectivity index (χ4n) is 13.5. The molecule has 0 aromatic heterocycles. The predicted molar refractivity (Wildman–Crippen MR) is 612 cm³/mol. The van der Waals surface area contributed by atoms with Gasteiger partial charge in [0.2, 0.25) is 0 Å². The molecular formula is C126H197FO20. The van der Waals surface area contributed by atoms with Gasteiger partial charge in [0.1, 0.15) is 42.7 Å². The summed E-state index contributed by atoms with van der Waals surface area (Å²) in [6.07, 6.45) is 107. The van der Waals surface area contributed by atoms with Gasteiger partial charge in [0.15, 0.2) is 0 Å². The van der Waals surface area contributed by atoms with Crippen LogP contribution in [0.5, 0.6) is 11.5 Å².